The van der Waals surface area contributed by atoms with Crippen LogP contribution < -0.4 is 0 Å². The van der Waals surface area contributed by atoms with Crippen molar-refractivity contribution in [3.05, 3.63) is 21.6 Å². The van der Waals surface area contributed by atoms with Crippen molar-refractivity contribution in [1.29, 1.82) is 0 Å². The van der Waals surface area contributed by atoms with Crippen LogP contribution in [0.25, 0.3) is 11.4 Å². The molecule has 106 valence electrons. The first-order valence-electron chi connectivity index (χ1n) is 7.43. The Labute approximate surface area is 128 Å². The molecule has 3 nitrogen and oxygen atoms in total. The Kier molecular flexibility index (Phi) is 3.07. The molecular formula is C15H19N3S2. The Morgan fingerprint density at radius 2 is 2.35 bits per heavy atom. The van der Waals surface area contributed by atoms with Gasteiger partial charge in [0.2, 0.25) is 0 Å². The maximum Gasteiger partial charge on any atom is 0.195 e. The maximum absolute atomic E-state index is 5.49. The number of nitrogens with one attached hydrogen (secondary N) is 1. The molecule has 2 aromatic heterocycles. The molecular weight excluding hydrogens is 286 g/mol. The second-order valence-corrected chi connectivity index (χ2v) is 7.48. The fourth-order valence-corrected chi connectivity index (χ4v) is 5.29. The molecule has 0 spiro atoms. The van der Waals surface area contributed by atoms with Gasteiger partial charge in [-0.05, 0) is 67.6 Å². The van der Waals surface area contributed by atoms with E-state index >= 15 is 0 Å². The Bertz CT molecular complexity index is 655. The number of rotatable bonds is 3. The minimum atomic E-state index is 0.450. The molecule has 0 saturated heterocycles. The third kappa shape index (κ3) is 1.91. The van der Waals surface area contributed by atoms with Gasteiger partial charge in [-0.25, -0.2) is 0 Å². The summed E-state index contributed by atoms with van der Waals surface area (Å²) < 4.78 is 3.02. The van der Waals surface area contributed by atoms with Gasteiger partial charge in [-0.1, -0.05) is 6.42 Å². The fourth-order valence-electron chi connectivity index (χ4n) is 4.35. The van der Waals surface area contributed by atoms with Gasteiger partial charge in [-0.2, -0.15) is 16.4 Å². The SMILES string of the molecule is CC([C@@H]1CC2CC[C@H]1C2)n1c(-c2ccsc2)n[nH]c1=S. The summed E-state index contributed by atoms with van der Waals surface area (Å²) in [5, 5.41) is 11.7. The lowest BCUT2D eigenvalue weighted by molar-refractivity contribution is 0.242. The summed E-state index contributed by atoms with van der Waals surface area (Å²) in [5.74, 6) is 3.65. The van der Waals surface area contributed by atoms with Gasteiger partial charge in [-0.3, -0.25) is 9.67 Å². The molecule has 2 aromatic rings. The van der Waals surface area contributed by atoms with E-state index in [1.165, 1.54) is 31.2 Å². The molecule has 2 aliphatic carbocycles. The summed E-state index contributed by atoms with van der Waals surface area (Å²) in [7, 11) is 0. The van der Waals surface area contributed by atoms with Gasteiger partial charge < -0.3 is 0 Å². The summed E-state index contributed by atoms with van der Waals surface area (Å²) in [6.45, 7) is 2.33. The highest BCUT2D eigenvalue weighted by Crippen LogP contribution is 2.52. The molecule has 2 saturated carbocycles. The molecule has 0 aliphatic heterocycles. The molecule has 4 rings (SSSR count). The van der Waals surface area contributed by atoms with Crippen LogP contribution in [-0.4, -0.2) is 14.8 Å². The highest BCUT2D eigenvalue weighted by molar-refractivity contribution is 7.71. The predicted molar refractivity (Wildman–Crippen MR) is 84.4 cm³/mol. The van der Waals surface area contributed by atoms with E-state index in [2.05, 4.69) is 38.5 Å². The molecule has 2 bridgehead atoms. The number of aromatic nitrogens is 3. The van der Waals surface area contributed by atoms with Crippen molar-refractivity contribution >= 4 is 23.6 Å². The lowest BCUT2D eigenvalue weighted by Gasteiger charge is -2.29. The van der Waals surface area contributed by atoms with Crippen LogP contribution in [0.4, 0.5) is 0 Å². The monoisotopic (exact) mass is 305 g/mol. The summed E-state index contributed by atoms with van der Waals surface area (Å²) >= 11 is 7.20. The molecule has 1 N–H and O–H groups in total. The van der Waals surface area contributed by atoms with Crippen LogP contribution in [0.15, 0.2) is 16.8 Å². The van der Waals surface area contributed by atoms with Crippen molar-refractivity contribution in [3.63, 3.8) is 0 Å². The molecule has 5 heteroatoms. The van der Waals surface area contributed by atoms with Gasteiger partial charge in [0.1, 0.15) is 0 Å². The van der Waals surface area contributed by atoms with Crippen LogP contribution in [0.5, 0.6) is 0 Å². The van der Waals surface area contributed by atoms with Crippen molar-refractivity contribution in [2.24, 2.45) is 17.8 Å². The van der Waals surface area contributed by atoms with Gasteiger partial charge >= 0.3 is 0 Å². The number of hydrogen-bond donors (Lipinski definition) is 1. The third-order valence-electron chi connectivity index (χ3n) is 5.30. The highest BCUT2D eigenvalue weighted by atomic mass is 32.1. The number of hydrogen-bond acceptors (Lipinski definition) is 3. The van der Waals surface area contributed by atoms with E-state index in [1.54, 1.807) is 11.3 Å². The average Bonchev–Trinajstić information content (AvgIpc) is 3.21. The first-order chi connectivity index (χ1) is 9.74. The van der Waals surface area contributed by atoms with E-state index in [-0.39, 0.29) is 0 Å². The minimum absolute atomic E-state index is 0.450. The highest BCUT2D eigenvalue weighted by Gasteiger charge is 2.42. The van der Waals surface area contributed by atoms with E-state index in [1.807, 2.05) is 0 Å². The van der Waals surface area contributed by atoms with Crippen LogP contribution in [0.3, 0.4) is 0 Å². The maximum atomic E-state index is 5.49. The van der Waals surface area contributed by atoms with Crippen molar-refractivity contribution in [3.8, 4) is 11.4 Å². The molecule has 4 atom stereocenters. The number of aromatic amines is 1. The zero-order valence-corrected chi connectivity index (χ0v) is 13.2. The zero-order chi connectivity index (χ0) is 13.7. The Morgan fingerprint density at radius 3 is 3.00 bits per heavy atom. The number of nitrogens with zero attached hydrogens (tertiary/aromatic N) is 2. The van der Waals surface area contributed by atoms with E-state index in [0.717, 1.165) is 28.3 Å². The quantitative estimate of drug-likeness (QED) is 0.836. The second-order valence-electron chi connectivity index (χ2n) is 6.31. The minimum Gasteiger partial charge on any atom is -0.297 e. The average molecular weight is 305 g/mol. The lowest BCUT2D eigenvalue weighted by atomic mass is 9.84. The van der Waals surface area contributed by atoms with Gasteiger partial charge in [-0.15, -0.1) is 0 Å². The largest absolute Gasteiger partial charge is 0.297 e. The number of fused-ring (bicyclic) bond motifs is 2. The fraction of sp³-hybridized carbons (Fsp3) is 0.600. The van der Waals surface area contributed by atoms with Crippen LogP contribution >= 0.6 is 23.6 Å². The van der Waals surface area contributed by atoms with Crippen molar-refractivity contribution < 1.29 is 0 Å². The Morgan fingerprint density at radius 1 is 1.45 bits per heavy atom. The Hall–Kier alpha value is -0.940. The van der Waals surface area contributed by atoms with E-state index in [4.69, 9.17) is 12.2 Å². The van der Waals surface area contributed by atoms with E-state index in [0.29, 0.717) is 6.04 Å². The van der Waals surface area contributed by atoms with Crippen LogP contribution in [0, 0.1) is 22.5 Å². The normalized spacial score (nSPS) is 29.9. The molecule has 20 heavy (non-hydrogen) atoms. The second kappa shape index (κ2) is 4.81. The molecule has 2 fully saturated rings. The zero-order valence-electron chi connectivity index (χ0n) is 11.6. The van der Waals surface area contributed by atoms with Crippen LogP contribution in [0.1, 0.15) is 38.6 Å². The van der Waals surface area contributed by atoms with Gasteiger partial charge in [0.25, 0.3) is 0 Å². The summed E-state index contributed by atoms with van der Waals surface area (Å²) in [5.41, 5.74) is 1.18. The first kappa shape index (κ1) is 12.8. The first-order valence-corrected chi connectivity index (χ1v) is 8.78. The molecule has 0 aromatic carbocycles. The summed E-state index contributed by atoms with van der Waals surface area (Å²) in [4.78, 5) is 0. The lowest BCUT2D eigenvalue weighted by Crippen LogP contribution is -2.22. The predicted octanol–water partition coefficient (Wildman–Crippen LogP) is 4.67. The van der Waals surface area contributed by atoms with Gasteiger partial charge in [0.05, 0.1) is 0 Å². The Balaban J connectivity index is 1.71. The van der Waals surface area contributed by atoms with Crippen molar-refractivity contribution in [1.82, 2.24) is 14.8 Å². The topological polar surface area (TPSA) is 33.6 Å². The summed E-state index contributed by atoms with van der Waals surface area (Å²) in [6, 6.07) is 2.58. The molecule has 2 aliphatic rings. The molecule has 0 radical (unpaired) electrons. The smallest absolute Gasteiger partial charge is 0.195 e. The van der Waals surface area contributed by atoms with E-state index in [9.17, 15) is 0 Å². The van der Waals surface area contributed by atoms with E-state index < -0.39 is 0 Å². The molecule has 2 unspecified atom stereocenters. The van der Waals surface area contributed by atoms with Crippen LogP contribution in [0.2, 0.25) is 0 Å². The molecule has 0 amide bonds. The summed E-state index contributed by atoms with van der Waals surface area (Å²) in [6.07, 6.45) is 5.68. The van der Waals surface area contributed by atoms with Crippen LogP contribution in [-0.2, 0) is 0 Å². The van der Waals surface area contributed by atoms with Crippen molar-refractivity contribution in [2.75, 3.05) is 0 Å². The van der Waals surface area contributed by atoms with Gasteiger partial charge in [0, 0.05) is 17.0 Å². The molecule has 2 heterocycles. The third-order valence-corrected chi connectivity index (χ3v) is 6.27. The van der Waals surface area contributed by atoms with Gasteiger partial charge in [0.15, 0.2) is 10.6 Å². The number of thiophene rings is 1. The number of H-pyrrole nitrogens is 1. The van der Waals surface area contributed by atoms with Crippen molar-refractivity contribution in [2.45, 2.75) is 38.6 Å². The standard InChI is InChI=1S/C15H19N3S2/c1-9(13-7-10-2-3-11(13)6-10)18-14(16-17-15(18)19)12-4-5-20-8-12/h4-5,8-11,13H,2-3,6-7H2,1H3,(H,17,19)/t9?,10?,11-,13-/m0/s1.